The van der Waals surface area contributed by atoms with Crippen LogP contribution >= 0.6 is 11.3 Å². The molecule has 6 heteroatoms. The number of anilines is 1. The normalized spacial score (nSPS) is 14.6. The van der Waals surface area contributed by atoms with Crippen molar-refractivity contribution in [1.82, 2.24) is 15.2 Å². The van der Waals surface area contributed by atoms with E-state index in [1.165, 1.54) is 11.3 Å². The molecule has 2 aromatic rings. The van der Waals surface area contributed by atoms with Crippen molar-refractivity contribution in [3.8, 4) is 10.6 Å². The third-order valence-corrected chi connectivity index (χ3v) is 5.02. The molecule has 0 bridgehead atoms. The summed E-state index contributed by atoms with van der Waals surface area (Å²) in [6.07, 6.45) is 8.72. The van der Waals surface area contributed by atoms with E-state index in [0.717, 1.165) is 54.4 Å². The van der Waals surface area contributed by atoms with Crippen molar-refractivity contribution >= 4 is 22.4 Å². The van der Waals surface area contributed by atoms with Crippen LogP contribution in [0.4, 0.5) is 5.13 Å². The van der Waals surface area contributed by atoms with Gasteiger partial charge in [0.1, 0.15) is 5.01 Å². The Kier molecular flexibility index (Phi) is 4.77. The van der Waals surface area contributed by atoms with E-state index in [4.69, 9.17) is 0 Å². The average molecular weight is 316 g/mol. The first-order valence-electron chi connectivity index (χ1n) is 7.85. The Balaban J connectivity index is 1.81. The largest absolute Gasteiger partial charge is 0.286 e. The van der Waals surface area contributed by atoms with E-state index >= 15 is 0 Å². The maximum absolute atomic E-state index is 12.6. The fraction of sp³-hybridized carbons (Fsp3) is 0.500. The van der Waals surface area contributed by atoms with Crippen molar-refractivity contribution in [2.75, 3.05) is 11.4 Å². The number of rotatable bonds is 6. The highest BCUT2D eigenvalue weighted by molar-refractivity contribution is 7.18. The standard InChI is InChI=1S/C16H20N4OS/c1-2-3-11-20(15(21)13-5-4-6-13)16-19-18-14(22-16)12-7-9-17-10-8-12/h7-10,13H,2-6,11H2,1H3. The monoisotopic (exact) mass is 316 g/mol. The summed E-state index contributed by atoms with van der Waals surface area (Å²) in [5, 5.41) is 10.1. The second kappa shape index (κ2) is 6.96. The second-order valence-electron chi connectivity index (χ2n) is 5.60. The molecule has 22 heavy (non-hydrogen) atoms. The van der Waals surface area contributed by atoms with E-state index in [2.05, 4.69) is 22.1 Å². The third kappa shape index (κ3) is 3.16. The van der Waals surface area contributed by atoms with Gasteiger partial charge in [-0.05, 0) is 31.4 Å². The molecule has 3 rings (SSSR count). The fourth-order valence-corrected chi connectivity index (χ4v) is 3.31. The number of hydrogen-bond donors (Lipinski definition) is 0. The van der Waals surface area contributed by atoms with Gasteiger partial charge in [-0.2, -0.15) is 0 Å². The Bertz CT molecular complexity index is 624. The number of carbonyl (C=O) groups excluding carboxylic acids is 1. The molecule has 0 aromatic carbocycles. The van der Waals surface area contributed by atoms with Gasteiger partial charge in [-0.1, -0.05) is 31.1 Å². The summed E-state index contributed by atoms with van der Waals surface area (Å²) < 4.78 is 0. The maximum atomic E-state index is 12.6. The number of carbonyl (C=O) groups is 1. The first kappa shape index (κ1) is 15.1. The van der Waals surface area contributed by atoms with Crippen LogP contribution in [0, 0.1) is 5.92 Å². The third-order valence-electron chi connectivity index (χ3n) is 4.03. The summed E-state index contributed by atoms with van der Waals surface area (Å²) in [6.45, 7) is 2.87. The van der Waals surface area contributed by atoms with E-state index < -0.39 is 0 Å². The molecule has 0 spiro atoms. The lowest BCUT2D eigenvalue weighted by Crippen LogP contribution is -2.39. The van der Waals surface area contributed by atoms with Gasteiger partial charge >= 0.3 is 0 Å². The minimum Gasteiger partial charge on any atom is -0.286 e. The van der Waals surface area contributed by atoms with Crippen molar-refractivity contribution in [1.29, 1.82) is 0 Å². The SMILES string of the molecule is CCCCN(C(=O)C1CCC1)c1nnc(-c2ccncc2)s1. The summed E-state index contributed by atoms with van der Waals surface area (Å²) in [7, 11) is 0. The van der Waals surface area contributed by atoms with Gasteiger partial charge in [-0.25, -0.2) is 0 Å². The molecule has 2 heterocycles. The molecule has 0 unspecified atom stereocenters. The van der Waals surface area contributed by atoms with Gasteiger partial charge in [-0.3, -0.25) is 14.7 Å². The summed E-state index contributed by atoms with van der Waals surface area (Å²) >= 11 is 1.48. The lowest BCUT2D eigenvalue weighted by molar-refractivity contribution is -0.124. The molecule has 5 nitrogen and oxygen atoms in total. The van der Waals surface area contributed by atoms with Gasteiger partial charge in [0.05, 0.1) is 0 Å². The molecule has 116 valence electrons. The molecule has 0 saturated heterocycles. The van der Waals surface area contributed by atoms with Crippen LogP contribution < -0.4 is 4.90 Å². The van der Waals surface area contributed by atoms with Gasteiger partial charge in [0.2, 0.25) is 11.0 Å². The fourth-order valence-electron chi connectivity index (χ4n) is 2.43. The highest BCUT2D eigenvalue weighted by Gasteiger charge is 2.31. The molecule has 1 saturated carbocycles. The lowest BCUT2D eigenvalue weighted by atomic mass is 9.84. The second-order valence-corrected chi connectivity index (χ2v) is 6.55. The van der Waals surface area contributed by atoms with Gasteiger partial charge in [0, 0.05) is 30.4 Å². The van der Waals surface area contributed by atoms with Crippen LogP contribution in [0.5, 0.6) is 0 Å². The van der Waals surface area contributed by atoms with Gasteiger partial charge in [0.25, 0.3) is 0 Å². The van der Waals surface area contributed by atoms with Crippen LogP contribution in [0.1, 0.15) is 39.0 Å². The molecular weight excluding hydrogens is 296 g/mol. The van der Waals surface area contributed by atoms with Crippen molar-refractivity contribution in [3.05, 3.63) is 24.5 Å². The van der Waals surface area contributed by atoms with Gasteiger partial charge in [0.15, 0.2) is 0 Å². The lowest BCUT2D eigenvalue weighted by Gasteiger charge is -2.29. The predicted octanol–water partition coefficient (Wildman–Crippen LogP) is 3.53. The Morgan fingerprint density at radius 3 is 2.73 bits per heavy atom. The van der Waals surface area contributed by atoms with Crippen LogP contribution in [0.25, 0.3) is 10.6 Å². The van der Waals surface area contributed by atoms with E-state index in [9.17, 15) is 4.79 Å². The number of aromatic nitrogens is 3. The molecule has 0 radical (unpaired) electrons. The molecule has 0 N–H and O–H groups in total. The zero-order valence-corrected chi connectivity index (χ0v) is 13.6. The molecule has 1 aliphatic rings. The molecule has 0 aliphatic heterocycles. The molecule has 1 amide bonds. The Hall–Kier alpha value is -1.82. The average Bonchev–Trinajstić information content (AvgIpc) is 2.96. The van der Waals surface area contributed by atoms with Crippen molar-refractivity contribution in [2.45, 2.75) is 39.0 Å². The predicted molar refractivity (Wildman–Crippen MR) is 87.7 cm³/mol. The molecule has 1 fully saturated rings. The summed E-state index contributed by atoms with van der Waals surface area (Å²) in [4.78, 5) is 18.5. The Morgan fingerprint density at radius 2 is 2.09 bits per heavy atom. The first-order valence-corrected chi connectivity index (χ1v) is 8.66. The number of hydrogen-bond acceptors (Lipinski definition) is 5. The Labute approximate surface area is 134 Å². The van der Waals surface area contributed by atoms with Crippen LogP contribution in [-0.2, 0) is 4.79 Å². The Morgan fingerprint density at radius 1 is 1.32 bits per heavy atom. The molecule has 2 aromatic heterocycles. The highest BCUT2D eigenvalue weighted by atomic mass is 32.1. The van der Waals surface area contributed by atoms with Gasteiger partial charge in [-0.15, -0.1) is 10.2 Å². The number of pyridine rings is 1. The van der Waals surface area contributed by atoms with Crippen molar-refractivity contribution in [3.63, 3.8) is 0 Å². The van der Waals surface area contributed by atoms with E-state index in [-0.39, 0.29) is 11.8 Å². The van der Waals surface area contributed by atoms with Gasteiger partial charge < -0.3 is 0 Å². The number of amides is 1. The quantitative estimate of drug-likeness (QED) is 0.818. The van der Waals surface area contributed by atoms with Crippen LogP contribution in [0.15, 0.2) is 24.5 Å². The highest BCUT2D eigenvalue weighted by Crippen LogP contribution is 2.33. The molecule has 0 atom stereocenters. The smallest absolute Gasteiger partial charge is 0.231 e. The number of unbranched alkanes of at least 4 members (excludes halogenated alkanes) is 1. The van der Waals surface area contributed by atoms with E-state index in [1.54, 1.807) is 12.4 Å². The summed E-state index contributed by atoms with van der Waals surface area (Å²) in [5.74, 6) is 0.405. The number of nitrogens with zero attached hydrogens (tertiary/aromatic N) is 4. The van der Waals surface area contributed by atoms with E-state index in [0.29, 0.717) is 0 Å². The van der Waals surface area contributed by atoms with Crippen molar-refractivity contribution < 1.29 is 4.79 Å². The van der Waals surface area contributed by atoms with Crippen LogP contribution in [0.2, 0.25) is 0 Å². The minimum atomic E-state index is 0.185. The maximum Gasteiger partial charge on any atom is 0.231 e. The van der Waals surface area contributed by atoms with Crippen molar-refractivity contribution in [2.24, 2.45) is 5.92 Å². The zero-order valence-electron chi connectivity index (χ0n) is 12.7. The van der Waals surface area contributed by atoms with Crippen LogP contribution in [-0.4, -0.2) is 27.6 Å². The van der Waals surface area contributed by atoms with Crippen LogP contribution in [0.3, 0.4) is 0 Å². The first-order chi connectivity index (χ1) is 10.8. The zero-order chi connectivity index (χ0) is 15.4. The summed E-state index contributed by atoms with van der Waals surface area (Å²) in [6, 6.07) is 3.82. The minimum absolute atomic E-state index is 0.185. The van der Waals surface area contributed by atoms with E-state index in [1.807, 2.05) is 17.0 Å². The topological polar surface area (TPSA) is 59.0 Å². The molecule has 1 aliphatic carbocycles. The molecular formula is C16H20N4OS. The summed E-state index contributed by atoms with van der Waals surface area (Å²) in [5.41, 5.74) is 0.991.